The van der Waals surface area contributed by atoms with Gasteiger partial charge in [0.25, 0.3) is 0 Å². The molecule has 1 atom stereocenters. The van der Waals surface area contributed by atoms with Crippen LogP contribution in [0.4, 0.5) is 0 Å². The molecule has 1 N–H and O–H groups in total. The van der Waals surface area contributed by atoms with Crippen LogP contribution < -0.4 is 5.32 Å². The minimum Gasteiger partial charge on any atom is -0.460 e. The van der Waals surface area contributed by atoms with Crippen LogP contribution in [-0.4, -0.2) is 48.7 Å². The van der Waals surface area contributed by atoms with E-state index in [1.54, 1.807) is 0 Å². The predicted molar refractivity (Wildman–Crippen MR) is 71.4 cm³/mol. The van der Waals surface area contributed by atoms with E-state index in [0.29, 0.717) is 6.04 Å². The fourth-order valence-corrected chi connectivity index (χ4v) is 2.84. The van der Waals surface area contributed by atoms with Crippen molar-refractivity contribution in [1.82, 2.24) is 10.2 Å². The number of hydrogen-bond donors (Lipinski definition) is 1. The van der Waals surface area contributed by atoms with Crippen LogP contribution in [0.25, 0.3) is 0 Å². The summed E-state index contributed by atoms with van der Waals surface area (Å²) in [7, 11) is 0. The molecule has 0 spiro atoms. The molecule has 2 aliphatic heterocycles. The van der Waals surface area contributed by atoms with E-state index in [4.69, 9.17) is 4.74 Å². The fourth-order valence-electron chi connectivity index (χ4n) is 2.84. The van der Waals surface area contributed by atoms with Gasteiger partial charge in [-0.2, -0.15) is 0 Å². The Bertz CT molecular complexity index is 285. The molecular weight excluding hydrogens is 228 g/mol. The van der Waals surface area contributed by atoms with Crippen molar-refractivity contribution in [3.05, 3.63) is 0 Å². The second kappa shape index (κ2) is 5.57. The van der Waals surface area contributed by atoms with E-state index in [-0.39, 0.29) is 17.5 Å². The average molecular weight is 254 g/mol. The van der Waals surface area contributed by atoms with Gasteiger partial charge >= 0.3 is 5.97 Å². The molecule has 4 nitrogen and oxygen atoms in total. The molecule has 0 aliphatic carbocycles. The van der Waals surface area contributed by atoms with Crippen LogP contribution in [-0.2, 0) is 9.53 Å². The van der Waals surface area contributed by atoms with Gasteiger partial charge in [0.1, 0.15) is 5.60 Å². The van der Waals surface area contributed by atoms with E-state index in [2.05, 4.69) is 10.2 Å². The van der Waals surface area contributed by atoms with Crippen molar-refractivity contribution in [3.63, 3.8) is 0 Å². The monoisotopic (exact) mass is 254 g/mol. The van der Waals surface area contributed by atoms with Gasteiger partial charge < -0.3 is 10.1 Å². The normalized spacial score (nSPS) is 27.4. The standard InChI is InChI=1S/C14H26N2O2/c1-14(2,3)18-13(17)11-5-8-16(9-6-11)12-4-7-15-10-12/h11-12,15H,4-10H2,1-3H3. The van der Waals surface area contributed by atoms with Crippen LogP contribution in [0.1, 0.15) is 40.0 Å². The highest BCUT2D eigenvalue weighted by Crippen LogP contribution is 2.23. The van der Waals surface area contributed by atoms with Crippen molar-refractivity contribution in [1.29, 1.82) is 0 Å². The van der Waals surface area contributed by atoms with Crippen molar-refractivity contribution in [2.24, 2.45) is 5.92 Å². The van der Waals surface area contributed by atoms with Crippen LogP contribution in [0.2, 0.25) is 0 Å². The van der Waals surface area contributed by atoms with Gasteiger partial charge in [-0.3, -0.25) is 9.69 Å². The van der Waals surface area contributed by atoms with E-state index in [1.807, 2.05) is 20.8 Å². The molecule has 0 radical (unpaired) electrons. The summed E-state index contributed by atoms with van der Waals surface area (Å²) < 4.78 is 5.47. The number of esters is 1. The first kappa shape index (κ1) is 13.8. The lowest BCUT2D eigenvalue weighted by molar-refractivity contribution is -0.161. The Hall–Kier alpha value is -0.610. The lowest BCUT2D eigenvalue weighted by atomic mass is 9.95. The van der Waals surface area contributed by atoms with E-state index in [1.165, 1.54) is 6.42 Å². The molecule has 2 aliphatic rings. The van der Waals surface area contributed by atoms with Crippen LogP contribution in [0.3, 0.4) is 0 Å². The molecule has 0 aromatic heterocycles. The number of carbonyl (C=O) groups excluding carboxylic acids is 1. The predicted octanol–water partition coefficient (Wildman–Crippen LogP) is 1.40. The Balaban J connectivity index is 1.77. The average Bonchev–Trinajstić information content (AvgIpc) is 2.80. The SMILES string of the molecule is CC(C)(C)OC(=O)C1CCN(C2CCNC2)CC1. The van der Waals surface area contributed by atoms with Crippen LogP contribution in [0.15, 0.2) is 0 Å². The highest BCUT2D eigenvalue weighted by molar-refractivity contribution is 5.73. The minimum atomic E-state index is -0.358. The molecule has 1 unspecified atom stereocenters. The third-order valence-electron chi connectivity index (χ3n) is 3.82. The first-order chi connectivity index (χ1) is 8.46. The molecule has 2 fully saturated rings. The van der Waals surface area contributed by atoms with Gasteiger partial charge in [-0.25, -0.2) is 0 Å². The van der Waals surface area contributed by atoms with Crippen molar-refractivity contribution < 1.29 is 9.53 Å². The quantitative estimate of drug-likeness (QED) is 0.756. The Morgan fingerprint density at radius 1 is 1.22 bits per heavy atom. The molecule has 18 heavy (non-hydrogen) atoms. The minimum absolute atomic E-state index is 0.00769. The van der Waals surface area contributed by atoms with Crippen molar-refractivity contribution >= 4 is 5.97 Å². The molecular formula is C14H26N2O2. The molecule has 2 rings (SSSR count). The van der Waals surface area contributed by atoms with Gasteiger partial charge in [0.05, 0.1) is 5.92 Å². The summed E-state index contributed by atoms with van der Waals surface area (Å²) >= 11 is 0. The van der Waals surface area contributed by atoms with Gasteiger partial charge in [0.15, 0.2) is 0 Å². The maximum absolute atomic E-state index is 12.0. The maximum Gasteiger partial charge on any atom is 0.309 e. The van der Waals surface area contributed by atoms with E-state index >= 15 is 0 Å². The van der Waals surface area contributed by atoms with Gasteiger partial charge in [0, 0.05) is 12.6 Å². The smallest absolute Gasteiger partial charge is 0.309 e. The number of piperidine rings is 1. The number of carbonyl (C=O) groups is 1. The largest absolute Gasteiger partial charge is 0.460 e. The zero-order chi connectivity index (χ0) is 13.2. The Kier molecular flexibility index (Phi) is 4.28. The summed E-state index contributed by atoms with van der Waals surface area (Å²) in [5, 5.41) is 3.40. The third-order valence-corrected chi connectivity index (χ3v) is 3.82. The molecule has 0 bridgehead atoms. The Morgan fingerprint density at radius 3 is 2.39 bits per heavy atom. The zero-order valence-corrected chi connectivity index (χ0v) is 11.9. The topological polar surface area (TPSA) is 41.6 Å². The van der Waals surface area contributed by atoms with Gasteiger partial charge in [-0.15, -0.1) is 0 Å². The van der Waals surface area contributed by atoms with E-state index in [0.717, 1.165) is 39.0 Å². The second-order valence-electron chi connectivity index (χ2n) is 6.49. The van der Waals surface area contributed by atoms with E-state index < -0.39 is 0 Å². The highest BCUT2D eigenvalue weighted by atomic mass is 16.6. The maximum atomic E-state index is 12.0. The van der Waals surface area contributed by atoms with E-state index in [9.17, 15) is 4.79 Å². The summed E-state index contributed by atoms with van der Waals surface area (Å²) in [5.41, 5.74) is -0.358. The molecule has 104 valence electrons. The van der Waals surface area contributed by atoms with Crippen molar-refractivity contribution in [3.8, 4) is 0 Å². The molecule has 0 amide bonds. The summed E-state index contributed by atoms with van der Waals surface area (Å²) in [5.74, 6) is 0.0986. The lowest BCUT2D eigenvalue weighted by Gasteiger charge is -2.35. The highest BCUT2D eigenvalue weighted by Gasteiger charge is 2.32. The van der Waals surface area contributed by atoms with Crippen LogP contribution in [0.5, 0.6) is 0 Å². The summed E-state index contributed by atoms with van der Waals surface area (Å²) in [6, 6.07) is 0.685. The number of hydrogen-bond acceptors (Lipinski definition) is 4. The number of ether oxygens (including phenoxy) is 1. The molecule has 2 heterocycles. The summed E-state index contributed by atoms with van der Waals surface area (Å²) in [4.78, 5) is 14.5. The Labute approximate surface area is 110 Å². The number of nitrogens with zero attached hydrogens (tertiary/aromatic N) is 1. The van der Waals surface area contributed by atoms with Crippen LogP contribution >= 0.6 is 0 Å². The number of likely N-dealkylation sites (tertiary alicyclic amines) is 1. The van der Waals surface area contributed by atoms with Crippen LogP contribution in [0, 0.1) is 5.92 Å². The molecule has 0 saturated carbocycles. The second-order valence-corrected chi connectivity index (χ2v) is 6.49. The Morgan fingerprint density at radius 2 is 1.89 bits per heavy atom. The van der Waals surface area contributed by atoms with Gasteiger partial charge in [-0.05, 0) is 59.7 Å². The van der Waals surface area contributed by atoms with Gasteiger partial charge in [-0.1, -0.05) is 0 Å². The van der Waals surface area contributed by atoms with Gasteiger partial charge in [0.2, 0.25) is 0 Å². The molecule has 4 heteroatoms. The molecule has 0 aromatic rings. The summed E-state index contributed by atoms with van der Waals surface area (Å²) in [6.45, 7) is 10.1. The number of rotatable bonds is 2. The summed E-state index contributed by atoms with van der Waals surface area (Å²) in [6.07, 6.45) is 3.15. The lowest BCUT2D eigenvalue weighted by Crippen LogP contribution is -2.44. The number of nitrogens with one attached hydrogen (secondary N) is 1. The zero-order valence-electron chi connectivity index (χ0n) is 11.9. The third kappa shape index (κ3) is 3.69. The van der Waals surface area contributed by atoms with Crippen molar-refractivity contribution in [2.75, 3.05) is 26.2 Å². The molecule has 2 saturated heterocycles. The first-order valence-corrected chi connectivity index (χ1v) is 7.13. The fraction of sp³-hybridized carbons (Fsp3) is 0.929. The first-order valence-electron chi connectivity index (χ1n) is 7.13. The molecule has 0 aromatic carbocycles. The van der Waals surface area contributed by atoms with Crippen molar-refractivity contribution in [2.45, 2.75) is 51.7 Å².